The van der Waals surface area contributed by atoms with E-state index in [4.69, 9.17) is 37.9 Å². The maximum atomic E-state index is 12.5. The predicted octanol–water partition coefficient (Wildman–Crippen LogP) is 6.54. The lowest BCUT2D eigenvalue weighted by atomic mass is 10.1. The molecule has 0 fully saturated rings. The Labute approximate surface area is 227 Å². The quantitative estimate of drug-likeness (QED) is 0.180. The molecule has 0 unspecified atom stereocenters. The molecule has 1 aromatic heterocycles. The number of hydrogen-bond donors (Lipinski definition) is 2. The summed E-state index contributed by atoms with van der Waals surface area (Å²) in [5, 5.41) is 19.5. The van der Waals surface area contributed by atoms with E-state index in [9.17, 15) is 4.79 Å². The normalized spacial score (nSPS) is 10.6. The second kappa shape index (κ2) is 12.2. The number of nitrogens with one attached hydrogen (secondary N) is 2. The molecule has 1 heterocycles. The molecule has 1 amide bonds. The molecule has 37 heavy (non-hydrogen) atoms. The third-order valence-electron chi connectivity index (χ3n) is 4.96. The Bertz CT molecular complexity index is 1470. The van der Waals surface area contributed by atoms with E-state index in [1.807, 2.05) is 47.8 Å². The summed E-state index contributed by atoms with van der Waals surface area (Å²) >= 11 is 13.6. The van der Waals surface area contributed by atoms with Gasteiger partial charge < -0.3 is 14.8 Å². The molecule has 2 N–H and O–H groups in total. The minimum atomic E-state index is -0.377. The highest BCUT2D eigenvalue weighted by Gasteiger charge is 2.12. The van der Waals surface area contributed by atoms with Gasteiger partial charge >= 0.3 is 0 Å². The third-order valence-corrected chi connectivity index (χ3v) is 6.25. The van der Waals surface area contributed by atoms with Crippen LogP contribution < -0.4 is 20.2 Å². The Hall–Kier alpha value is -4.10. The van der Waals surface area contributed by atoms with Gasteiger partial charge in [-0.2, -0.15) is 10.4 Å². The molecular formula is C26H19Cl2N5O3S. The van der Waals surface area contributed by atoms with Crippen LogP contribution in [0.5, 0.6) is 11.5 Å². The fourth-order valence-corrected chi connectivity index (χ4v) is 4.34. The van der Waals surface area contributed by atoms with Gasteiger partial charge in [0.15, 0.2) is 23.2 Å². The fraction of sp³-hybridized carbons (Fsp3) is 0.0769. The average molecular weight is 552 g/mol. The van der Waals surface area contributed by atoms with Crippen LogP contribution in [0.15, 0.2) is 71.1 Å². The van der Waals surface area contributed by atoms with Gasteiger partial charge in [-0.15, -0.1) is 11.3 Å². The number of carbonyl (C=O) groups excluding carboxylic acids is 1. The number of benzene rings is 3. The molecular weight excluding hydrogens is 533 g/mol. The van der Waals surface area contributed by atoms with Crippen LogP contribution in [-0.4, -0.2) is 30.8 Å². The van der Waals surface area contributed by atoms with E-state index in [1.54, 1.807) is 24.3 Å². The number of aromatic nitrogens is 1. The minimum Gasteiger partial charge on any atom is -0.493 e. The Morgan fingerprint density at radius 3 is 2.62 bits per heavy atom. The van der Waals surface area contributed by atoms with Crippen LogP contribution in [0.2, 0.25) is 10.0 Å². The SMILES string of the molecule is COc1cc(/C=N\NC(=O)c2ccc(-c3csc(Nc4ccc(Cl)cc4)n3)cc2)cc(Cl)c1OCC#N. The van der Waals surface area contributed by atoms with Gasteiger partial charge in [-0.25, -0.2) is 10.4 Å². The number of nitriles is 1. The monoisotopic (exact) mass is 551 g/mol. The average Bonchev–Trinajstić information content (AvgIpc) is 3.37. The van der Waals surface area contributed by atoms with E-state index in [0.717, 1.165) is 22.1 Å². The van der Waals surface area contributed by atoms with Crippen LogP contribution in [0, 0.1) is 11.3 Å². The van der Waals surface area contributed by atoms with Gasteiger partial charge in [0, 0.05) is 27.2 Å². The molecule has 0 atom stereocenters. The second-order valence-electron chi connectivity index (χ2n) is 7.43. The molecule has 0 saturated carbocycles. The smallest absolute Gasteiger partial charge is 0.271 e. The maximum absolute atomic E-state index is 12.5. The van der Waals surface area contributed by atoms with Crippen LogP contribution in [-0.2, 0) is 0 Å². The molecule has 4 aromatic rings. The summed E-state index contributed by atoms with van der Waals surface area (Å²) in [5.74, 6) is 0.234. The first kappa shape index (κ1) is 26.0. The molecule has 0 aliphatic carbocycles. The molecule has 0 bridgehead atoms. The van der Waals surface area contributed by atoms with Crippen LogP contribution in [0.25, 0.3) is 11.3 Å². The number of hydrazone groups is 1. The topological polar surface area (TPSA) is 109 Å². The minimum absolute atomic E-state index is 0.164. The van der Waals surface area contributed by atoms with Gasteiger partial charge in [-0.05, 0) is 54.1 Å². The van der Waals surface area contributed by atoms with E-state index in [2.05, 4.69) is 20.8 Å². The maximum Gasteiger partial charge on any atom is 0.271 e. The lowest BCUT2D eigenvalue weighted by Gasteiger charge is -2.11. The molecule has 0 radical (unpaired) electrons. The van der Waals surface area contributed by atoms with Gasteiger partial charge in [-0.1, -0.05) is 35.3 Å². The van der Waals surface area contributed by atoms with Crippen molar-refractivity contribution in [3.8, 4) is 28.8 Å². The highest BCUT2D eigenvalue weighted by atomic mass is 35.5. The number of hydrogen-bond acceptors (Lipinski definition) is 8. The zero-order valence-corrected chi connectivity index (χ0v) is 21.7. The molecule has 11 heteroatoms. The first-order chi connectivity index (χ1) is 18.0. The number of methoxy groups -OCH3 is 1. The van der Waals surface area contributed by atoms with Crippen molar-refractivity contribution in [3.05, 3.63) is 87.2 Å². The molecule has 0 aliphatic heterocycles. The molecule has 0 spiro atoms. The van der Waals surface area contributed by atoms with E-state index in [0.29, 0.717) is 21.9 Å². The Balaban J connectivity index is 1.37. The summed E-state index contributed by atoms with van der Waals surface area (Å²) in [7, 11) is 1.46. The molecule has 0 saturated heterocycles. The van der Waals surface area contributed by atoms with Gasteiger partial charge in [0.25, 0.3) is 5.91 Å². The lowest BCUT2D eigenvalue weighted by Crippen LogP contribution is -2.17. The molecule has 186 valence electrons. The number of ether oxygens (including phenoxy) is 2. The number of thiazole rings is 1. The molecule has 0 aliphatic rings. The number of anilines is 2. The van der Waals surface area contributed by atoms with E-state index in [1.165, 1.54) is 24.7 Å². The van der Waals surface area contributed by atoms with Crippen molar-refractivity contribution in [2.75, 3.05) is 19.0 Å². The molecule has 4 rings (SSSR count). The highest BCUT2D eigenvalue weighted by molar-refractivity contribution is 7.14. The largest absolute Gasteiger partial charge is 0.493 e. The summed E-state index contributed by atoms with van der Waals surface area (Å²) in [4.78, 5) is 17.1. The first-order valence-electron chi connectivity index (χ1n) is 10.8. The Morgan fingerprint density at radius 1 is 1.16 bits per heavy atom. The highest BCUT2D eigenvalue weighted by Crippen LogP contribution is 2.36. The molecule has 8 nitrogen and oxygen atoms in total. The van der Waals surface area contributed by atoms with Crippen LogP contribution in [0.4, 0.5) is 10.8 Å². The number of amides is 1. The second-order valence-corrected chi connectivity index (χ2v) is 9.13. The van der Waals surface area contributed by atoms with Crippen molar-refractivity contribution in [2.45, 2.75) is 0 Å². The van der Waals surface area contributed by atoms with Crippen molar-refractivity contribution < 1.29 is 14.3 Å². The van der Waals surface area contributed by atoms with Crippen molar-refractivity contribution in [1.82, 2.24) is 10.4 Å². The van der Waals surface area contributed by atoms with Crippen molar-refractivity contribution in [1.29, 1.82) is 5.26 Å². The van der Waals surface area contributed by atoms with Gasteiger partial charge in [-0.3, -0.25) is 4.79 Å². The summed E-state index contributed by atoms with van der Waals surface area (Å²) in [6.45, 7) is -0.164. The van der Waals surface area contributed by atoms with Crippen LogP contribution in [0.3, 0.4) is 0 Å². The summed E-state index contributed by atoms with van der Waals surface area (Å²) < 4.78 is 10.6. The Kier molecular flexibility index (Phi) is 8.59. The third kappa shape index (κ3) is 6.77. The van der Waals surface area contributed by atoms with E-state index in [-0.39, 0.29) is 23.3 Å². The van der Waals surface area contributed by atoms with Gasteiger partial charge in [0.05, 0.1) is 24.0 Å². The zero-order valence-electron chi connectivity index (χ0n) is 19.4. The Morgan fingerprint density at radius 2 is 1.92 bits per heavy atom. The zero-order chi connectivity index (χ0) is 26.2. The summed E-state index contributed by atoms with van der Waals surface area (Å²) in [6, 6.07) is 19.5. The van der Waals surface area contributed by atoms with Crippen LogP contribution >= 0.6 is 34.5 Å². The van der Waals surface area contributed by atoms with Gasteiger partial charge in [0.1, 0.15) is 6.07 Å². The van der Waals surface area contributed by atoms with Crippen LogP contribution in [0.1, 0.15) is 15.9 Å². The van der Waals surface area contributed by atoms with Crippen molar-refractivity contribution >= 4 is 57.5 Å². The van der Waals surface area contributed by atoms with Gasteiger partial charge in [0.2, 0.25) is 0 Å². The van der Waals surface area contributed by atoms with E-state index >= 15 is 0 Å². The number of nitrogens with zero attached hydrogens (tertiary/aromatic N) is 3. The number of rotatable bonds is 9. The standard InChI is InChI=1S/C26H19Cl2N5O3S/c1-35-23-13-16(12-21(28)24(23)36-11-10-29)14-30-33-25(34)18-4-2-17(3-5-18)22-15-37-26(32-22)31-20-8-6-19(27)7-9-20/h2-9,12-15H,11H2,1H3,(H,31,32)(H,33,34)/b30-14-. The first-order valence-corrected chi connectivity index (χ1v) is 12.4. The lowest BCUT2D eigenvalue weighted by molar-refractivity contribution is 0.0955. The van der Waals surface area contributed by atoms with E-state index < -0.39 is 0 Å². The molecule has 3 aromatic carbocycles. The van der Waals surface area contributed by atoms with Crippen molar-refractivity contribution in [3.63, 3.8) is 0 Å². The van der Waals surface area contributed by atoms with Crippen molar-refractivity contribution in [2.24, 2.45) is 5.10 Å². The number of carbonyl (C=O) groups is 1. The summed E-state index contributed by atoms with van der Waals surface area (Å²) in [5.41, 5.74) is 6.06. The summed E-state index contributed by atoms with van der Waals surface area (Å²) in [6.07, 6.45) is 1.43. The predicted molar refractivity (Wildman–Crippen MR) is 146 cm³/mol. The number of halogens is 2. The fourth-order valence-electron chi connectivity index (χ4n) is 3.20.